The predicted molar refractivity (Wildman–Crippen MR) is 72.5 cm³/mol. The van der Waals surface area contributed by atoms with E-state index in [0.29, 0.717) is 15.7 Å². The highest BCUT2D eigenvalue weighted by molar-refractivity contribution is 6.36. The number of carbonyl (C=O) groups is 1. The number of amides is 1. The van der Waals surface area contributed by atoms with Gasteiger partial charge in [0.25, 0.3) is 5.91 Å². The van der Waals surface area contributed by atoms with Crippen LogP contribution in [0.1, 0.15) is 0 Å². The molecule has 1 aromatic rings. The van der Waals surface area contributed by atoms with Crippen LogP contribution < -0.4 is 5.32 Å². The SMILES string of the molecule is CN(C)/C=C(\C#N)C(=O)Nc1ccc(Cl)cc1Cl. The molecule has 0 aliphatic carbocycles. The van der Waals surface area contributed by atoms with Gasteiger partial charge in [-0.3, -0.25) is 4.79 Å². The highest BCUT2D eigenvalue weighted by Crippen LogP contribution is 2.25. The summed E-state index contributed by atoms with van der Waals surface area (Å²) < 4.78 is 0. The number of rotatable bonds is 3. The maximum Gasteiger partial charge on any atom is 0.267 e. The van der Waals surface area contributed by atoms with Crippen LogP contribution in [0.4, 0.5) is 5.69 Å². The topological polar surface area (TPSA) is 56.1 Å². The second-order valence-corrected chi connectivity index (χ2v) is 4.54. The Labute approximate surface area is 115 Å². The molecule has 0 saturated heterocycles. The van der Waals surface area contributed by atoms with Crippen LogP contribution in [0.15, 0.2) is 30.0 Å². The van der Waals surface area contributed by atoms with Gasteiger partial charge in [-0.2, -0.15) is 5.26 Å². The molecule has 0 spiro atoms. The molecule has 0 saturated carbocycles. The van der Waals surface area contributed by atoms with E-state index in [1.807, 2.05) is 6.07 Å². The zero-order chi connectivity index (χ0) is 13.7. The van der Waals surface area contributed by atoms with Gasteiger partial charge in [0.1, 0.15) is 11.6 Å². The monoisotopic (exact) mass is 283 g/mol. The van der Waals surface area contributed by atoms with Crippen molar-refractivity contribution in [3.05, 3.63) is 40.0 Å². The molecule has 0 aliphatic heterocycles. The van der Waals surface area contributed by atoms with E-state index in [2.05, 4.69) is 5.32 Å². The number of nitrogens with one attached hydrogen (secondary N) is 1. The van der Waals surface area contributed by atoms with E-state index in [1.165, 1.54) is 12.3 Å². The number of hydrogen-bond acceptors (Lipinski definition) is 3. The Kier molecular flexibility index (Phi) is 5.02. The average Bonchev–Trinajstić information content (AvgIpc) is 2.29. The third-order valence-electron chi connectivity index (χ3n) is 1.93. The lowest BCUT2D eigenvalue weighted by molar-refractivity contribution is -0.112. The molecule has 94 valence electrons. The van der Waals surface area contributed by atoms with Gasteiger partial charge in [-0.15, -0.1) is 0 Å². The molecule has 1 N–H and O–H groups in total. The highest BCUT2D eigenvalue weighted by atomic mass is 35.5. The summed E-state index contributed by atoms with van der Waals surface area (Å²) in [6, 6.07) is 6.52. The molecule has 0 bridgehead atoms. The summed E-state index contributed by atoms with van der Waals surface area (Å²) in [5.74, 6) is -0.518. The molecule has 0 heterocycles. The van der Waals surface area contributed by atoms with Gasteiger partial charge in [0.2, 0.25) is 0 Å². The highest BCUT2D eigenvalue weighted by Gasteiger charge is 2.11. The fourth-order valence-corrected chi connectivity index (χ4v) is 1.63. The smallest absolute Gasteiger partial charge is 0.267 e. The van der Waals surface area contributed by atoms with Gasteiger partial charge in [-0.05, 0) is 18.2 Å². The maximum atomic E-state index is 11.8. The van der Waals surface area contributed by atoms with E-state index in [9.17, 15) is 4.79 Å². The molecule has 0 fully saturated rings. The van der Waals surface area contributed by atoms with Crippen molar-refractivity contribution in [1.29, 1.82) is 5.26 Å². The van der Waals surface area contributed by atoms with Gasteiger partial charge in [-0.1, -0.05) is 23.2 Å². The molecular formula is C12H11Cl2N3O. The van der Waals surface area contributed by atoms with Crippen LogP contribution in [0.25, 0.3) is 0 Å². The largest absolute Gasteiger partial charge is 0.382 e. The molecule has 0 aromatic heterocycles. The lowest BCUT2D eigenvalue weighted by atomic mass is 10.2. The van der Waals surface area contributed by atoms with Crippen LogP contribution in [0.2, 0.25) is 10.0 Å². The molecule has 6 heteroatoms. The van der Waals surface area contributed by atoms with Gasteiger partial charge < -0.3 is 10.2 Å². The second-order valence-electron chi connectivity index (χ2n) is 3.70. The summed E-state index contributed by atoms with van der Waals surface area (Å²) in [6.07, 6.45) is 1.43. The predicted octanol–water partition coefficient (Wildman–Crippen LogP) is 2.90. The van der Waals surface area contributed by atoms with E-state index in [-0.39, 0.29) is 5.57 Å². The number of anilines is 1. The van der Waals surface area contributed by atoms with Crippen molar-refractivity contribution >= 4 is 34.8 Å². The van der Waals surface area contributed by atoms with Crippen LogP contribution in [-0.4, -0.2) is 24.9 Å². The van der Waals surface area contributed by atoms with Crippen LogP contribution in [-0.2, 0) is 4.79 Å². The lowest BCUT2D eigenvalue weighted by Gasteiger charge is -2.09. The average molecular weight is 284 g/mol. The fraction of sp³-hybridized carbons (Fsp3) is 0.167. The number of carbonyl (C=O) groups excluding carboxylic acids is 1. The normalized spacial score (nSPS) is 10.7. The zero-order valence-corrected chi connectivity index (χ0v) is 11.4. The molecule has 1 aromatic carbocycles. The summed E-state index contributed by atoms with van der Waals surface area (Å²) >= 11 is 11.7. The van der Waals surface area contributed by atoms with Gasteiger partial charge in [0.15, 0.2) is 0 Å². The minimum Gasteiger partial charge on any atom is -0.382 e. The first-order valence-corrected chi connectivity index (χ1v) is 5.74. The van der Waals surface area contributed by atoms with Crippen LogP contribution in [0.3, 0.4) is 0 Å². The summed E-state index contributed by atoms with van der Waals surface area (Å²) in [7, 11) is 3.44. The molecule has 4 nitrogen and oxygen atoms in total. The van der Waals surface area contributed by atoms with E-state index in [4.69, 9.17) is 28.5 Å². The van der Waals surface area contributed by atoms with Crippen molar-refractivity contribution < 1.29 is 4.79 Å². The van der Waals surface area contributed by atoms with Crippen LogP contribution in [0.5, 0.6) is 0 Å². The van der Waals surface area contributed by atoms with Gasteiger partial charge >= 0.3 is 0 Å². The van der Waals surface area contributed by atoms with Crippen molar-refractivity contribution in [1.82, 2.24) is 4.90 Å². The Hall–Kier alpha value is -1.70. The summed E-state index contributed by atoms with van der Waals surface area (Å²) in [5.41, 5.74) is 0.400. The van der Waals surface area contributed by atoms with E-state index < -0.39 is 5.91 Å². The van der Waals surface area contributed by atoms with Crippen molar-refractivity contribution in [3.63, 3.8) is 0 Å². The van der Waals surface area contributed by atoms with E-state index in [1.54, 1.807) is 31.1 Å². The molecule has 0 atom stereocenters. The van der Waals surface area contributed by atoms with Crippen molar-refractivity contribution in [3.8, 4) is 6.07 Å². The Morgan fingerprint density at radius 3 is 2.61 bits per heavy atom. The Bertz CT molecular complexity index is 533. The molecule has 1 rings (SSSR count). The quantitative estimate of drug-likeness (QED) is 0.686. The maximum absolute atomic E-state index is 11.8. The van der Waals surface area contributed by atoms with Crippen molar-refractivity contribution in [2.24, 2.45) is 0 Å². The van der Waals surface area contributed by atoms with Gasteiger partial charge in [0.05, 0.1) is 10.7 Å². The summed E-state index contributed by atoms with van der Waals surface area (Å²) in [4.78, 5) is 13.4. The van der Waals surface area contributed by atoms with Crippen molar-refractivity contribution in [2.75, 3.05) is 19.4 Å². The third-order valence-corrected chi connectivity index (χ3v) is 2.48. The molecule has 0 aliphatic rings. The Morgan fingerprint density at radius 1 is 1.44 bits per heavy atom. The first-order chi connectivity index (χ1) is 8.43. The molecule has 0 unspecified atom stereocenters. The third kappa shape index (κ3) is 3.95. The summed E-state index contributed by atoms with van der Waals surface area (Å²) in [5, 5.41) is 12.2. The molecular weight excluding hydrogens is 273 g/mol. The number of nitriles is 1. The first kappa shape index (κ1) is 14.4. The fourth-order valence-electron chi connectivity index (χ4n) is 1.18. The van der Waals surface area contributed by atoms with Crippen molar-refractivity contribution in [2.45, 2.75) is 0 Å². The molecule has 0 radical (unpaired) electrons. The Morgan fingerprint density at radius 2 is 2.11 bits per heavy atom. The standard InChI is InChI=1S/C12H11Cl2N3O/c1-17(2)7-8(6-15)12(18)16-11-4-3-9(13)5-10(11)14/h3-5,7H,1-2H3,(H,16,18)/b8-7+. The zero-order valence-electron chi connectivity index (χ0n) is 9.87. The minimum atomic E-state index is -0.518. The first-order valence-electron chi connectivity index (χ1n) is 4.99. The second kappa shape index (κ2) is 6.29. The number of halogens is 2. The van der Waals surface area contributed by atoms with Gasteiger partial charge in [-0.25, -0.2) is 0 Å². The number of hydrogen-bond donors (Lipinski definition) is 1. The lowest BCUT2D eigenvalue weighted by Crippen LogP contribution is -2.16. The number of benzene rings is 1. The van der Waals surface area contributed by atoms with Crippen LogP contribution in [0, 0.1) is 11.3 Å². The molecule has 1 amide bonds. The molecule has 18 heavy (non-hydrogen) atoms. The Balaban J connectivity index is 2.91. The summed E-state index contributed by atoms with van der Waals surface area (Å²) in [6.45, 7) is 0. The number of nitrogens with zero attached hydrogens (tertiary/aromatic N) is 2. The van der Waals surface area contributed by atoms with Crippen LogP contribution >= 0.6 is 23.2 Å². The van der Waals surface area contributed by atoms with E-state index in [0.717, 1.165) is 0 Å². The minimum absolute atomic E-state index is 0.00832. The van der Waals surface area contributed by atoms with E-state index >= 15 is 0 Å². The van der Waals surface area contributed by atoms with Gasteiger partial charge in [0, 0.05) is 25.3 Å².